The molecule has 3 rings (SSSR count). The highest BCUT2D eigenvalue weighted by molar-refractivity contribution is 8.26. The van der Waals surface area contributed by atoms with Crippen molar-refractivity contribution in [2.75, 3.05) is 6.54 Å². The molecule has 2 aromatic carbocycles. The number of thiocarbonyl (C=S) groups is 1. The Bertz CT molecular complexity index is 824. The molecule has 1 saturated heterocycles. The number of carbonyl (C=O) groups excluding carboxylic acids is 1. The van der Waals surface area contributed by atoms with E-state index in [0.29, 0.717) is 4.91 Å². The highest BCUT2D eigenvalue weighted by Gasteiger charge is 2.33. The van der Waals surface area contributed by atoms with Crippen molar-refractivity contribution >= 4 is 57.0 Å². The Morgan fingerprint density at radius 2 is 1.95 bits per heavy atom. The van der Waals surface area contributed by atoms with Gasteiger partial charge in [-0.2, -0.15) is 0 Å². The maximum atomic E-state index is 12.3. The van der Waals surface area contributed by atoms with Crippen molar-refractivity contribution in [1.29, 1.82) is 0 Å². The minimum atomic E-state index is -1.08. The Morgan fingerprint density at radius 1 is 1.23 bits per heavy atom. The second kappa shape index (κ2) is 5.90. The maximum Gasteiger partial charge on any atom is 0.323 e. The van der Waals surface area contributed by atoms with Crippen LogP contribution < -0.4 is 0 Å². The van der Waals surface area contributed by atoms with Gasteiger partial charge in [0.25, 0.3) is 5.91 Å². The second-order valence-corrected chi connectivity index (χ2v) is 6.41. The molecule has 1 heterocycles. The lowest BCUT2D eigenvalue weighted by atomic mass is 10.0. The Balaban J connectivity index is 2.00. The first-order valence-electron chi connectivity index (χ1n) is 6.51. The Kier molecular flexibility index (Phi) is 3.96. The van der Waals surface area contributed by atoms with Gasteiger partial charge in [-0.1, -0.05) is 66.4 Å². The maximum absolute atomic E-state index is 12.3. The van der Waals surface area contributed by atoms with E-state index in [9.17, 15) is 9.59 Å². The first-order chi connectivity index (χ1) is 10.6. The van der Waals surface area contributed by atoms with E-state index in [0.717, 1.165) is 33.0 Å². The molecule has 0 spiro atoms. The van der Waals surface area contributed by atoms with E-state index >= 15 is 0 Å². The second-order valence-electron chi connectivity index (χ2n) is 4.73. The molecule has 1 amide bonds. The Morgan fingerprint density at radius 3 is 2.73 bits per heavy atom. The first-order valence-corrected chi connectivity index (χ1v) is 7.73. The largest absolute Gasteiger partial charge is 0.480 e. The van der Waals surface area contributed by atoms with Crippen LogP contribution in [0.2, 0.25) is 0 Å². The van der Waals surface area contributed by atoms with E-state index in [2.05, 4.69) is 0 Å². The number of rotatable bonds is 3. The molecule has 1 fully saturated rings. The van der Waals surface area contributed by atoms with E-state index in [4.69, 9.17) is 17.3 Å². The van der Waals surface area contributed by atoms with Gasteiger partial charge >= 0.3 is 5.97 Å². The minimum Gasteiger partial charge on any atom is -0.480 e. The number of carboxylic acids is 1. The molecule has 0 unspecified atom stereocenters. The van der Waals surface area contributed by atoms with Crippen molar-refractivity contribution in [1.82, 2.24) is 4.90 Å². The number of aliphatic carboxylic acids is 1. The fourth-order valence-corrected chi connectivity index (χ4v) is 3.54. The smallest absolute Gasteiger partial charge is 0.323 e. The average molecular weight is 329 g/mol. The van der Waals surface area contributed by atoms with Gasteiger partial charge in [-0.3, -0.25) is 14.5 Å². The SMILES string of the molecule is O=C(O)CN1C(=O)/C(=C\c2cccc3ccccc23)SC1=S. The lowest BCUT2D eigenvalue weighted by Gasteiger charge is -2.10. The van der Waals surface area contributed by atoms with Gasteiger partial charge in [0, 0.05) is 0 Å². The lowest BCUT2D eigenvalue weighted by Crippen LogP contribution is -2.33. The molecule has 1 aliphatic heterocycles. The number of hydrogen-bond acceptors (Lipinski definition) is 4. The third-order valence-electron chi connectivity index (χ3n) is 3.28. The zero-order chi connectivity index (χ0) is 15.7. The van der Waals surface area contributed by atoms with Gasteiger partial charge in [0.2, 0.25) is 0 Å². The van der Waals surface area contributed by atoms with E-state index in [1.165, 1.54) is 0 Å². The monoisotopic (exact) mass is 329 g/mol. The molecule has 0 aromatic heterocycles. The van der Waals surface area contributed by atoms with Crippen LogP contribution in [0.5, 0.6) is 0 Å². The Hall–Kier alpha value is -2.18. The molecule has 2 aromatic rings. The summed E-state index contributed by atoms with van der Waals surface area (Å²) in [5, 5.41) is 11.0. The minimum absolute atomic E-state index is 0.277. The van der Waals surface area contributed by atoms with Gasteiger partial charge in [0.1, 0.15) is 10.9 Å². The van der Waals surface area contributed by atoms with Gasteiger partial charge in [0.05, 0.1) is 4.91 Å². The third-order valence-corrected chi connectivity index (χ3v) is 4.65. The topological polar surface area (TPSA) is 57.6 Å². The molecule has 1 aliphatic rings. The van der Waals surface area contributed by atoms with Crippen molar-refractivity contribution in [3.05, 3.63) is 52.9 Å². The zero-order valence-corrected chi connectivity index (χ0v) is 13.0. The number of carbonyl (C=O) groups is 2. The van der Waals surface area contributed by atoms with Crippen molar-refractivity contribution < 1.29 is 14.7 Å². The first kappa shape index (κ1) is 14.7. The number of amides is 1. The molecular formula is C16H11NO3S2. The Labute approximate surface area is 136 Å². The molecule has 110 valence electrons. The highest BCUT2D eigenvalue weighted by atomic mass is 32.2. The molecule has 0 radical (unpaired) electrons. The fraction of sp³-hybridized carbons (Fsp3) is 0.0625. The van der Waals surface area contributed by atoms with E-state index in [1.54, 1.807) is 6.08 Å². The van der Waals surface area contributed by atoms with Gasteiger partial charge in [-0.15, -0.1) is 0 Å². The van der Waals surface area contributed by atoms with Gasteiger partial charge in [0.15, 0.2) is 0 Å². The quantitative estimate of drug-likeness (QED) is 0.692. The van der Waals surface area contributed by atoms with Gasteiger partial charge < -0.3 is 5.11 Å². The molecule has 22 heavy (non-hydrogen) atoms. The summed E-state index contributed by atoms with van der Waals surface area (Å²) in [5.41, 5.74) is 0.911. The summed E-state index contributed by atoms with van der Waals surface area (Å²) in [4.78, 5) is 24.6. The molecular weight excluding hydrogens is 318 g/mol. The molecule has 6 heteroatoms. The number of carboxylic acid groups (broad SMARTS) is 1. The number of fused-ring (bicyclic) bond motifs is 1. The van der Waals surface area contributed by atoms with Crippen LogP contribution in [0.3, 0.4) is 0 Å². The van der Waals surface area contributed by atoms with Crippen LogP contribution >= 0.6 is 24.0 Å². The number of hydrogen-bond donors (Lipinski definition) is 1. The number of nitrogens with zero attached hydrogens (tertiary/aromatic N) is 1. The zero-order valence-electron chi connectivity index (χ0n) is 11.4. The van der Waals surface area contributed by atoms with Crippen LogP contribution in [-0.4, -0.2) is 32.7 Å². The summed E-state index contributed by atoms with van der Waals surface area (Å²) in [6.45, 7) is -0.405. The number of thioether (sulfide) groups is 1. The fourth-order valence-electron chi connectivity index (χ4n) is 2.29. The molecule has 0 bridgehead atoms. The van der Waals surface area contributed by atoms with Crippen molar-refractivity contribution in [2.45, 2.75) is 0 Å². The molecule has 0 saturated carbocycles. The summed E-state index contributed by atoms with van der Waals surface area (Å²) in [6, 6.07) is 13.7. The predicted molar refractivity (Wildman–Crippen MR) is 91.5 cm³/mol. The lowest BCUT2D eigenvalue weighted by molar-refractivity contribution is -0.140. The average Bonchev–Trinajstić information content (AvgIpc) is 2.75. The summed E-state index contributed by atoms with van der Waals surface area (Å²) < 4.78 is 0.277. The van der Waals surface area contributed by atoms with Crippen LogP contribution in [0.25, 0.3) is 16.8 Å². The van der Waals surface area contributed by atoms with Crippen LogP contribution in [-0.2, 0) is 9.59 Å². The molecule has 0 aliphatic carbocycles. The molecule has 4 nitrogen and oxygen atoms in total. The number of benzene rings is 2. The van der Waals surface area contributed by atoms with Crippen LogP contribution in [0.4, 0.5) is 0 Å². The van der Waals surface area contributed by atoms with E-state index < -0.39 is 12.5 Å². The molecule has 1 N–H and O–H groups in total. The predicted octanol–water partition coefficient (Wildman–Crippen LogP) is 3.13. The van der Waals surface area contributed by atoms with Crippen LogP contribution in [0.15, 0.2) is 47.4 Å². The van der Waals surface area contributed by atoms with Crippen LogP contribution in [0.1, 0.15) is 5.56 Å². The van der Waals surface area contributed by atoms with E-state index in [1.807, 2.05) is 42.5 Å². The highest BCUT2D eigenvalue weighted by Crippen LogP contribution is 2.33. The summed E-state index contributed by atoms with van der Waals surface area (Å²) in [5.74, 6) is -1.44. The summed E-state index contributed by atoms with van der Waals surface area (Å²) in [7, 11) is 0. The van der Waals surface area contributed by atoms with Gasteiger partial charge in [-0.05, 0) is 22.4 Å². The molecule has 0 atom stereocenters. The normalized spacial score (nSPS) is 16.7. The summed E-state index contributed by atoms with van der Waals surface area (Å²) in [6.07, 6.45) is 1.77. The van der Waals surface area contributed by atoms with E-state index in [-0.39, 0.29) is 10.2 Å². The van der Waals surface area contributed by atoms with Crippen molar-refractivity contribution in [3.63, 3.8) is 0 Å². The van der Waals surface area contributed by atoms with Gasteiger partial charge in [-0.25, -0.2) is 0 Å². The van der Waals surface area contributed by atoms with Crippen molar-refractivity contribution in [3.8, 4) is 0 Å². The summed E-state index contributed by atoms with van der Waals surface area (Å²) >= 11 is 6.22. The van der Waals surface area contributed by atoms with Crippen molar-refractivity contribution in [2.24, 2.45) is 0 Å². The third kappa shape index (κ3) is 2.75. The standard InChI is InChI=1S/C16H11NO3S2/c18-14(19)9-17-15(20)13(22-16(17)21)8-11-6-3-5-10-4-1-2-7-12(10)11/h1-8H,9H2,(H,18,19)/b13-8+. The van der Waals surface area contributed by atoms with Crippen LogP contribution in [0, 0.1) is 0 Å².